The van der Waals surface area contributed by atoms with Gasteiger partial charge in [-0.25, -0.2) is 0 Å². The second-order valence-corrected chi connectivity index (χ2v) is 24.0. The molecule has 8 aromatic rings. The average molecular weight is 1120 g/mol. The van der Waals surface area contributed by atoms with Crippen LogP contribution in [0.1, 0.15) is 117 Å². The third-order valence-corrected chi connectivity index (χ3v) is 17.8. The normalized spacial score (nSPS) is 12.6. The molecule has 7 heteroatoms. The van der Waals surface area contributed by atoms with E-state index in [2.05, 4.69) is 296 Å². The molecule has 390 valence electrons. The number of ether oxygens (including phenoxy) is 1. The largest absolute Gasteiger partial charge is 2.00 e. The number of para-hydroxylation sites is 2. The molecule has 10 rings (SSSR count). The first kappa shape index (κ1) is 60.3. The summed E-state index contributed by atoms with van der Waals surface area (Å²) in [6.45, 7) is 26.8. The number of benzene rings is 8. The first-order chi connectivity index (χ1) is 36.1. The average Bonchev–Trinajstić information content (AvgIpc) is 4.21. The number of nitrogens with zero attached hydrogens (tertiary/aromatic N) is 2. The first-order valence-electron chi connectivity index (χ1n) is 26.4. The van der Waals surface area contributed by atoms with Gasteiger partial charge in [0.05, 0.1) is 0 Å². The molecule has 4 nitrogen and oxygen atoms in total. The minimum Gasteiger partial charge on any atom is -1.00 e. The van der Waals surface area contributed by atoms with Crippen molar-refractivity contribution in [2.24, 2.45) is 0 Å². The predicted octanol–water partition coefficient (Wildman–Crippen LogP) is 15.1. The van der Waals surface area contributed by atoms with Crippen molar-refractivity contribution in [2.75, 3.05) is 31.2 Å². The van der Waals surface area contributed by atoms with Gasteiger partial charge in [0.25, 0.3) is 0 Å². The van der Waals surface area contributed by atoms with E-state index in [0.717, 1.165) is 26.3 Å². The van der Waals surface area contributed by atoms with E-state index in [1.54, 1.807) is 0 Å². The molecular formula is C68H78N2O2P2Ru. The molecule has 2 aliphatic heterocycles. The summed E-state index contributed by atoms with van der Waals surface area (Å²) in [5, 5.41) is 8.39. The van der Waals surface area contributed by atoms with Gasteiger partial charge in [0.15, 0.2) is 0 Å². The van der Waals surface area contributed by atoms with Crippen LogP contribution in [0.2, 0.25) is 0 Å². The van der Waals surface area contributed by atoms with Crippen LogP contribution in [-0.4, -0.2) is 37.2 Å². The molecule has 0 atom stereocenters. The maximum absolute atomic E-state index is 7.50. The Bertz CT molecular complexity index is 2540. The summed E-state index contributed by atoms with van der Waals surface area (Å²) in [4.78, 5) is 2.38. The maximum atomic E-state index is 7.50. The molecule has 0 radical (unpaired) electrons. The molecular weight excluding hydrogens is 1040 g/mol. The molecule has 0 spiro atoms. The Morgan fingerprint density at radius 3 is 0.933 bits per heavy atom. The van der Waals surface area contributed by atoms with Gasteiger partial charge in [-0.15, -0.1) is 0 Å². The van der Waals surface area contributed by atoms with E-state index in [1.807, 2.05) is 0 Å². The molecule has 0 amide bonds. The van der Waals surface area contributed by atoms with Crippen molar-refractivity contribution >= 4 is 65.4 Å². The molecule has 2 aliphatic rings. The van der Waals surface area contributed by atoms with Crippen molar-refractivity contribution in [3.05, 3.63) is 247 Å². The molecule has 0 aromatic heterocycles. The molecule has 0 bridgehead atoms. The Labute approximate surface area is 469 Å². The van der Waals surface area contributed by atoms with Gasteiger partial charge < -0.3 is 17.1 Å². The van der Waals surface area contributed by atoms with Crippen molar-refractivity contribution in [1.82, 2.24) is 0 Å². The Morgan fingerprint density at radius 1 is 0.427 bits per heavy atom. The van der Waals surface area contributed by atoms with Gasteiger partial charge in [0.1, 0.15) is 13.1 Å². The quantitative estimate of drug-likeness (QED) is 0.0402. The van der Waals surface area contributed by atoms with Crippen molar-refractivity contribution in [1.29, 1.82) is 0 Å². The molecule has 0 unspecified atom stereocenters. The zero-order valence-electron chi connectivity index (χ0n) is 47.3. The van der Waals surface area contributed by atoms with Gasteiger partial charge in [-0.05, 0) is 84.2 Å². The second-order valence-electron chi connectivity index (χ2n) is 19.6. The van der Waals surface area contributed by atoms with E-state index in [4.69, 9.17) is 9.39 Å². The fourth-order valence-electron chi connectivity index (χ4n) is 9.28. The Morgan fingerprint density at radius 2 is 0.693 bits per heavy atom. The van der Waals surface area contributed by atoms with E-state index >= 15 is 0 Å². The van der Waals surface area contributed by atoms with Gasteiger partial charge >= 0.3 is 30.8 Å². The van der Waals surface area contributed by atoms with Crippen LogP contribution in [0.3, 0.4) is 0 Å². The Kier molecular flexibility index (Phi) is 25.8. The summed E-state index contributed by atoms with van der Waals surface area (Å²) in [6.07, 6.45) is 6.33. The van der Waals surface area contributed by atoms with Crippen LogP contribution in [0, 0.1) is 6.65 Å². The topological polar surface area (TPSA) is 35.4 Å². The van der Waals surface area contributed by atoms with Crippen LogP contribution >= 0.6 is 15.8 Å². The maximum Gasteiger partial charge on any atom is 2.00 e. The second kappa shape index (κ2) is 32.1. The first-order valence-corrected chi connectivity index (χ1v) is 29.1. The van der Waals surface area contributed by atoms with Crippen LogP contribution in [0.5, 0.6) is 0 Å². The fraction of sp³-hybridized carbons (Fsp3) is 0.265. The third-order valence-electron chi connectivity index (χ3n) is 12.9. The van der Waals surface area contributed by atoms with E-state index in [9.17, 15) is 0 Å². The number of hydrogen-bond acceptors (Lipinski definition) is 2. The zero-order valence-corrected chi connectivity index (χ0v) is 48.8. The SMILES string of the molecule is C1CCOC1.CC(C)c1cccc(C(C)C)c1N1[C-]=[N+](c2c(C(C)C)cccc2C(C)C)CC1.[C-]#[O+].[H-].[H-].[Ru+2].c1ccc(P(c2ccccc2)c2ccccc2)cc1.c1ccc(P(c2ccccc2)c2ccccc2)cc1. The van der Waals surface area contributed by atoms with Gasteiger partial charge in [0.2, 0.25) is 6.34 Å². The van der Waals surface area contributed by atoms with Gasteiger partial charge in [-0.1, -0.05) is 296 Å². The Hall–Kier alpha value is -5.59. The summed E-state index contributed by atoms with van der Waals surface area (Å²) >= 11 is 0. The zero-order chi connectivity index (χ0) is 52.7. The number of rotatable bonds is 12. The standard InChI is InChI=1S/C27H38N2.2C18H15P.C4H8O.CO.Ru.2H/c1-18(2)22-11-9-12-23(19(3)4)26(22)28-15-16-29(17-28)27-24(20(5)6)13-10-14-25(27)21(7)8;2*1-4-10-16(11-5-1)19(17-12-6-2-7-13-17)18-14-8-3-9-15-18;1-2-4-5-3-1;1-2;;;/h9-14,18-21H,15-16H2,1-8H3;2*1-15H;1-4H2;;;;/q;;;;;+2;2*-1. The summed E-state index contributed by atoms with van der Waals surface area (Å²) in [5.41, 5.74) is 8.43. The van der Waals surface area contributed by atoms with Gasteiger partial charge in [-0.2, -0.15) is 0 Å². The van der Waals surface area contributed by atoms with Crippen molar-refractivity contribution < 1.29 is 36.3 Å². The monoisotopic (exact) mass is 1120 g/mol. The summed E-state index contributed by atoms with van der Waals surface area (Å²) in [6, 6.07) is 78.2. The molecule has 0 saturated carbocycles. The molecule has 75 heavy (non-hydrogen) atoms. The van der Waals surface area contributed by atoms with Crippen LogP contribution < -0.4 is 36.7 Å². The summed E-state index contributed by atoms with van der Waals surface area (Å²) < 4.78 is 14.8. The predicted molar refractivity (Wildman–Crippen MR) is 323 cm³/mol. The Balaban J connectivity index is 0.000000287. The van der Waals surface area contributed by atoms with Crippen LogP contribution in [0.15, 0.2) is 218 Å². The fourth-order valence-corrected chi connectivity index (χ4v) is 13.9. The van der Waals surface area contributed by atoms with Crippen molar-refractivity contribution in [3.63, 3.8) is 0 Å². The van der Waals surface area contributed by atoms with Crippen LogP contribution in [0.4, 0.5) is 11.4 Å². The van der Waals surface area contributed by atoms with Crippen molar-refractivity contribution in [2.45, 2.75) is 91.9 Å². The number of anilines is 1. The number of hydrogen-bond donors (Lipinski definition) is 0. The molecule has 0 N–H and O–H groups in total. The van der Waals surface area contributed by atoms with Gasteiger partial charge in [0, 0.05) is 24.6 Å². The van der Waals surface area contributed by atoms with E-state index in [1.165, 1.54) is 78.3 Å². The third kappa shape index (κ3) is 17.2. The summed E-state index contributed by atoms with van der Waals surface area (Å²) in [7, 11) is -0.892. The molecule has 0 aliphatic carbocycles. The molecule has 2 heterocycles. The van der Waals surface area contributed by atoms with E-state index in [0.29, 0.717) is 23.7 Å². The minimum atomic E-state index is -0.446. The van der Waals surface area contributed by atoms with Crippen LogP contribution in [-0.2, 0) is 28.9 Å². The van der Waals surface area contributed by atoms with E-state index < -0.39 is 15.8 Å². The molecule has 8 aromatic carbocycles. The molecule has 1 fully saturated rings. The smallest absolute Gasteiger partial charge is 1.00 e. The van der Waals surface area contributed by atoms with Crippen molar-refractivity contribution in [3.8, 4) is 0 Å². The minimum absolute atomic E-state index is 0. The van der Waals surface area contributed by atoms with E-state index in [-0.39, 0.29) is 22.3 Å². The van der Waals surface area contributed by atoms with Gasteiger partial charge in [-0.3, -0.25) is 0 Å². The summed E-state index contributed by atoms with van der Waals surface area (Å²) in [5.74, 6) is 1.98. The molecule has 1 saturated heterocycles. The van der Waals surface area contributed by atoms with Crippen LogP contribution in [0.25, 0.3) is 0 Å².